The number of rotatable bonds is 5. The van der Waals surface area contributed by atoms with Crippen LogP contribution in [0.1, 0.15) is 13.3 Å². The molecule has 0 saturated heterocycles. The van der Waals surface area contributed by atoms with Crippen LogP contribution in [0, 0.1) is 11.8 Å². The Kier molecular flexibility index (Phi) is 6.31. The molecule has 0 saturated carbocycles. The monoisotopic (exact) mass is 261 g/mol. The van der Waals surface area contributed by atoms with E-state index in [2.05, 4.69) is 28.4 Å². The van der Waals surface area contributed by atoms with Gasteiger partial charge in [0.2, 0.25) is 0 Å². The van der Waals surface area contributed by atoms with E-state index in [0.717, 1.165) is 24.4 Å². The third-order valence-electron chi connectivity index (χ3n) is 2.56. The molecule has 1 aromatic carbocycles. The van der Waals surface area contributed by atoms with Crippen LogP contribution in [0.2, 0.25) is 0 Å². The van der Waals surface area contributed by atoms with Crippen LogP contribution in [0.25, 0.3) is 0 Å². The van der Waals surface area contributed by atoms with Gasteiger partial charge in [-0.25, -0.2) is 4.79 Å². The van der Waals surface area contributed by atoms with Crippen molar-refractivity contribution in [3.05, 3.63) is 24.3 Å². The lowest BCUT2D eigenvalue weighted by atomic mass is 10.2. The lowest BCUT2D eigenvalue weighted by Gasteiger charge is -2.22. The Morgan fingerprint density at radius 3 is 2.79 bits per heavy atom. The van der Waals surface area contributed by atoms with Gasteiger partial charge in [0.15, 0.2) is 0 Å². The van der Waals surface area contributed by atoms with E-state index in [1.54, 1.807) is 7.11 Å². The quantitative estimate of drug-likeness (QED) is 0.462. The van der Waals surface area contributed by atoms with Crippen LogP contribution in [0.15, 0.2) is 24.3 Å². The van der Waals surface area contributed by atoms with Crippen LogP contribution in [0.3, 0.4) is 0 Å². The third-order valence-corrected chi connectivity index (χ3v) is 2.56. The van der Waals surface area contributed by atoms with Gasteiger partial charge >= 0.3 is 5.97 Å². The predicted molar refractivity (Wildman–Crippen MR) is 75.3 cm³/mol. The average molecular weight is 261 g/mol. The van der Waals surface area contributed by atoms with Crippen LogP contribution in [0.5, 0.6) is 5.75 Å². The van der Waals surface area contributed by atoms with E-state index in [1.165, 1.54) is 7.11 Å². The molecular formula is C15H19NO3. The maximum absolute atomic E-state index is 11.0. The van der Waals surface area contributed by atoms with Crippen LogP contribution >= 0.6 is 0 Å². The summed E-state index contributed by atoms with van der Waals surface area (Å²) in [4.78, 5) is 13.0. The summed E-state index contributed by atoms with van der Waals surface area (Å²) in [5, 5.41) is 0. The largest absolute Gasteiger partial charge is 0.497 e. The first-order chi connectivity index (χ1) is 9.21. The van der Waals surface area contributed by atoms with Gasteiger partial charge in [0.05, 0.1) is 20.8 Å². The summed E-state index contributed by atoms with van der Waals surface area (Å²) >= 11 is 0. The second-order valence-corrected chi connectivity index (χ2v) is 3.92. The molecule has 0 spiro atoms. The van der Waals surface area contributed by atoms with Crippen molar-refractivity contribution in [2.45, 2.75) is 13.3 Å². The molecule has 0 N–H and O–H groups in total. The zero-order chi connectivity index (χ0) is 14.1. The number of nitrogens with zero attached hydrogens (tertiary/aromatic N) is 1. The highest BCUT2D eigenvalue weighted by atomic mass is 16.5. The van der Waals surface area contributed by atoms with E-state index in [4.69, 9.17) is 4.74 Å². The molecule has 1 aromatic rings. The van der Waals surface area contributed by atoms with Crippen LogP contribution < -0.4 is 9.64 Å². The number of esters is 1. The highest BCUT2D eigenvalue weighted by molar-refractivity contribution is 5.88. The first-order valence-corrected chi connectivity index (χ1v) is 6.17. The summed E-state index contributed by atoms with van der Waals surface area (Å²) < 4.78 is 9.69. The minimum Gasteiger partial charge on any atom is -0.497 e. The van der Waals surface area contributed by atoms with Gasteiger partial charge in [-0.3, -0.25) is 0 Å². The second kappa shape index (κ2) is 8.04. The SMILES string of the molecule is CCCN(CC#CC(=O)OC)c1cccc(OC)c1. The number of methoxy groups -OCH3 is 2. The smallest absolute Gasteiger partial charge is 0.384 e. The molecule has 0 amide bonds. The molecule has 0 aliphatic carbocycles. The molecule has 0 heterocycles. The van der Waals surface area contributed by atoms with Gasteiger partial charge in [0, 0.05) is 24.2 Å². The van der Waals surface area contributed by atoms with Gasteiger partial charge in [-0.2, -0.15) is 0 Å². The molecular weight excluding hydrogens is 242 g/mol. The Labute approximate surface area is 114 Å². The predicted octanol–water partition coefficient (Wildman–Crippen LogP) is 2.09. The number of carbonyl (C=O) groups excluding carboxylic acids is 1. The topological polar surface area (TPSA) is 38.8 Å². The van der Waals surface area contributed by atoms with E-state index in [1.807, 2.05) is 24.3 Å². The number of carbonyl (C=O) groups is 1. The minimum absolute atomic E-state index is 0.482. The van der Waals surface area contributed by atoms with Gasteiger partial charge in [0.25, 0.3) is 0 Å². The summed E-state index contributed by atoms with van der Waals surface area (Å²) in [7, 11) is 2.96. The van der Waals surface area contributed by atoms with Crippen molar-refractivity contribution >= 4 is 11.7 Å². The lowest BCUT2D eigenvalue weighted by molar-refractivity contribution is -0.133. The number of anilines is 1. The first-order valence-electron chi connectivity index (χ1n) is 6.17. The zero-order valence-electron chi connectivity index (χ0n) is 11.6. The summed E-state index contributed by atoms with van der Waals surface area (Å²) in [6, 6.07) is 7.78. The Morgan fingerprint density at radius 1 is 1.37 bits per heavy atom. The van der Waals surface area contributed by atoms with Crippen LogP contribution in [-0.2, 0) is 9.53 Å². The Morgan fingerprint density at radius 2 is 2.16 bits per heavy atom. The fourth-order valence-corrected chi connectivity index (χ4v) is 1.63. The van der Waals surface area contributed by atoms with Gasteiger partial charge in [-0.05, 0) is 18.6 Å². The van der Waals surface area contributed by atoms with Crippen molar-refractivity contribution in [1.82, 2.24) is 0 Å². The van der Waals surface area contributed by atoms with E-state index in [0.29, 0.717) is 6.54 Å². The maximum Gasteiger partial charge on any atom is 0.384 e. The number of hydrogen-bond acceptors (Lipinski definition) is 4. The van der Waals surface area contributed by atoms with Crippen molar-refractivity contribution < 1.29 is 14.3 Å². The molecule has 0 atom stereocenters. The van der Waals surface area contributed by atoms with Gasteiger partial charge in [-0.1, -0.05) is 18.9 Å². The standard InChI is InChI=1S/C15H19NO3/c1-4-10-16(11-6-9-15(17)19-3)13-7-5-8-14(12-13)18-2/h5,7-8,12H,4,10-11H2,1-3H3. The van der Waals surface area contributed by atoms with Crippen molar-refractivity contribution in [2.75, 3.05) is 32.2 Å². The van der Waals surface area contributed by atoms with Gasteiger partial charge in [-0.15, -0.1) is 0 Å². The van der Waals surface area contributed by atoms with Crippen molar-refractivity contribution in [3.8, 4) is 17.6 Å². The molecule has 1 rings (SSSR count). The average Bonchev–Trinajstić information content (AvgIpc) is 2.46. The van der Waals surface area contributed by atoms with Crippen molar-refractivity contribution in [3.63, 3.8) is 0 Å². The fourth-order valence-electron chi connectivity index (χ4n) is 1.63. The molecule has 0 aromatic heterocycles. The summed E-state index contributed by atoms with van der Waals surface area (Å²) in [6.07, 6.45) is 0.997. The van der Waals surface area contributed by atoms with E-state index in [-0.39, 0.29) is 0 Å². The minimum atomic E-state index is -0.512. The Hall–Kier alpha value is -2.15. The van der Waals surface area contributed by atoms with Crippen molar-refractivity contribution in [1.29, 1.82) is 0 Å². The summed E-state index contributed by atoms with van der Waals surface area (Å²) in [5.41, 5.74) is 1.03. The summed E-state index contributed by atoms with van der Waals surface area (Å²) in [6.45, 7) is 3.44. The molecule has 4 nitrogen and oxygen atoms in total. The van der Waals surface area contributed by atoms with Crippen LogP contribution in [0.4, 0.5) is 5.69 Å². The molecule has 0 aliphatic heterocycles. The van der Waals surface area contributed by atoms with E-state index in [9.17, 15) is 4.79 Å². The molecule has 0 unspecified atom stereocenters. The van der Waals surface area contributed by atoms with Crippen LogP contribution in [-0.4, -0.2) is 33.3 Å². The molecule has 0 bridgehead atoms. The lowest BCUT2D eigenvalue weighted by Crippen LogP contribution is -2.24. The number of benzene rings is 1. The van der Waals surface area contributed by atoms with Crippen molar-refractivity contribution in [2.24, 2.45) is 0 Å². The molecule has 0 radical (unpaired) electrons. The molecule has 19 heavy (non-hydrogen) atoms. The highest BCUT2D eigenvalue weighted by Crippen LogP contribution is 2.20. The number of ether oxygens (including phenoxy) is 2. The zero-order valence-corrected chi connectivity index (χ0v) is 11.6. The van der Waals surface area contributed by atoms with E-state index >= 15 is 0 Å². The first kappa shape index (κ1) is 14.9. The fraction of sp³-hybridized carbons (Fsp3) is 0.400. The Bertz CT molecular complexity index is 474. The van der Waals surface area contributed by atoms with Gasteiger partial charge < -0.3 is 14.4 Å². The second-order valence-electron chi connectivity index (χ2n) is 3.92. The molecule has 0 aliphatic rings. The maximum atomic E-state index is 11.0. The normalized spacial score (nSPS) is 9.21. The van der Waals surface area contributed by atoms with E-state index < -0.39 is 5.97 Å². The molecule has 102 valence electrons. The van der Waals surface area contributed by atoms with Gasteiger partial charge in [0.1, 0.15) is 5.75 Å². The third kappa shape index (κ3) is 4.92. The summed E-state index contributed by atoms with van der Waals surface area (Å²) in [5.74, 6) is 5.55. The Balaban J connectivity index is 2.80. The highest BCUT2D eigenvalue weighted by Gasteiger charge is 2.05. The molecule has 4 heteroatoms. The number of hydrogen-bond donors (Lipinski definition) is 0. The molecule has 0 fully saturated rings.